The predicted molar refractivity (Wildman–Crippen MR) is 161 cm³/mol. The van der Waals surface area contributed by atoms with E-state index in [1.807, 2.05) is 6.07 Å². The third kappa shape index (κ3) is 3.93. The number of aromatic nitrogens is 1. The lowest BCUT2D eigenvalue weighted by molar-refractivity contribution is 1.18. The van der Waals surface area contributed by atoms with E-state index in [9.17, 15) is 0 Å². The lowest BCUT2D eigenvalue weighted by Crippen LogP contribution is -1.93. The van der Waals surface area contributed by atoms with Gasteiger partial charge in [0.05, 0.1) is 11.0 Å². The fraction of sp³-hybridized carbons (Fsp3) is 0. The molecule has 180 valence electrons. The van der Waals surface area contributed by atoms with Crippen molar-refractivity contribution >= 4 is 33.2 Å². The number of rotatable bonds is 5. The van der Waals surface area contributed by atoms with E-state index in [0.717, 1.165) is 11.4 Å². The van der Waals surface area contributed by atoms with Gasteiger partial charge >= 0.3 is 0 Å². The lowest BCUT2D eigenvalue weighted by Gasteiger charge is -2.11. The summed E-state index contributed by atoms with van der Waals surface area (Å²) in [6.07, 6.45) is 0. The Hall–Kier alpha value is -5.08. The molecule has 38 heavy (non-hydrogen) atoms. The van der Waals surface area contributed by atoms with E-state index in [4.69, 9.17) is 0 Å². The van der Waals surface area contributed by atoms with Crippen molar-refractivity contribution in [1.29, 1.82) is 0 Å². The Morgan fingerprint density at radius 1 is 0.421 bits per heavy atom. The molecule has 0 fully saturated rings. The highest BCUT2D eigenvalue weighted by atomic mass is 15.0. The van der Waals surface area contributed by atoms with Crippen LogP contribution in [-0.2, 0) is 0 Å². The Morgan fingerprint density at radius 3 is 1.87 bits per heavy atom. The number of nitrogens with one attached hydrogen (secondary N) is 1. The molecule has 0 aliphatic carbocycles. The van der Waals surface area contributed by atoms with E-state index in [1.54, 1.807) is 0 Å². The van der Waals surface area contributed by atoms with Crippen LogP contribution in [0.25, 0.3) is 49.7 Å². The van der Waals surface area contributed by atoms with E-state index >= 15 is 0 Å². The highest BCUT2D eigenvalue weighted by Gasteiger charge is 2.15. The van der Waals surface area contributed by atoms with Gasteiger partial charge in [0.25, 0.3) is 0 Å². The van der Waals surface area contributed by atoms with E-state index in [0.29, 0.717) is 0 Å². The minimum absolute atomic E-state index is 1.07. The zero-order valence-corrected chi connectivity index (χ0v) is 20.9. The summed E-state index contributed by atoms with van der Waals surface area (Å²) in [5.41, 5.74) is 10.6. The summed E-state index contributed by atoms with van der Waals surface area (Å²) in [6, 6.07) is 53.7. The largest absolute Gasteiger partial charge is 0.356 e. The van der Waals surface area contributed by atoms with E-state index in [1.165, 1.54) is 49.7 Å². The molecule has 0 amide bonds. The van der Waals surface area contributed by atoms with Gasteiger partial charge in [-0.2, -0.15) is 0 Å². The van der Waals surface area contributed by atoms with Crippen molar-refractivity contribution in [3.8, 4) is 27.9 Å². The lowest BCUT2D eigenvalue weighted by atomic mass is 9.99. The number of anilines is 2. The first-order chi connectivity index (χ1) is 18.8. The predicted octanol–water partition coefficient (Wildman–Crippen LogP) is 9.86. The number of para-hydroxylation sites is 2. The number of benzene rings is 6. The average molecular weight is 487 g/mol. The summed E-state index contributed by atoms with van der Waals surface area (Å²) in [4.78, 5) is 0. The molecule has 0 aliphatic heterocycles. The van der Waals surface area contributed by atoms with Gasteiger partial charge in [-0.1, -0.05) is 103 Å². The fourth-order valence-electron chi connectivity index (χ4n) is 5.42. The quantitative estimate of drug-likeness (QED) is 0.256. The average Bonchev–Trinajstić information content (AvgIpc) is 3.33. The Kier molecular flexibility index (Phi) is 5.49. The SMILES string of the molecule is c1ccc(-c2ccc(Nc3cccc(-c4cccc5c4c4ccccc4n5-c4ccccc4)c3)cc2)cc1. The second-order valence-electron chi connectivity index (χ2n) is 9.54. The molecule has 0 saturated carbocycles. The van der Waals surface area contributed by atoms with Crippen LogP contribution >= 0.6 is 0 Å². The van der Waals surface area contributed by atoms with E-state index in [2.05, 4.69) is 155 Å². The van der Waals surface area contributed by atoms with Crippen LogP contribution in [0.1, 0.15) is 0 Å². The molecule has 2 heteroatoms. The Bertz CT molecular complexity index is 1860. The maximum absolute atomic E-state index is 3.60. The van der Waals surface area contributed by atoms with Crippen molar-refractivity contribution in [2.45, 2.75) is 0 Å². The third-order valence-corrected chi connectivity index (χ3v) is 7.17. The molecule has 0 unspecified atom stereocenters. The summed E-state index contributed by atoms with van der Waals surface area (Å²) in [5.74, 6) is 0. The Morgan fingerprint density at radius 2 is 1.05 bits per heavy atom. The van der Waals surface area contributed by atoms with Crippen molar-refractivity contribution in [2.75, 3.05) is 5.32 Å². The summed E-state index contributed by atoms with van der Waals surface area (Å²) in [6.45, 7) is 0. The van der Waals surface area contributed by atoms with Gasteiger partial charge in [0, 0.05) is 27.8 Å². The summed E-state index contributed by atoms with van der Waals surface area (Å²) < 4.78 is 2.37. The maximum atomic E-state index is 3.60. The van der Waals surface area contributed by atoms with Crippen molar-refractivity contribution in [1.82, 2.24) is 4.57 Å². The van der Waals surface area contributed by atoms with Gasteiger partial charge in [-0.25, -0.2) is 0 Å². The molecule has 1 heterocycles. The third-order valence-electron chi connectivity index (χ3n) is 7.17. The zero-order chi connectivity index (χ0) is 25.3. The molecule has 0 bridgehead atoms. The van der Waals surface area contributed by atoms with Gasteiger partial charge in [-0.3, -0.25) is 0 Å². The van der Waals surface area contributed by atoms with Gasteiger partial charge < -0.3 is 9.88 Å². The van der Waals surface area contributed by atoms with Crippen molar-refractivity contribution in [3.63, 3.8) is 0 Å². The summed E-state index contributed by atoms with van der Waals surface area (Å²) in [5, 5.41) is 6.14. The molecule has 1 aromatic heterocycles. The number of nitrogens with zero attached hydrogens (tertiary/aromatic N) is 1. The first-order valence-corrected chi connectivity index (χ1v) is 13.0. The molecule has 6 aromatic carbocycles. The molecular weight excluding hydrogens is 460 g/mol. The van der Waals surface area contributed by atoms with Gasteiger partial charge in [0.1, 0.15) is 0 Å². The van der Waals surface area contributed by atoms with Crippen LogP contribution in [0, 0.1) is 0 Å². The van der Waals surface area contributed by atoms with Gasteiger partial charge in [0.15, 0.2) is 0 Å². The van der Waals surface area contributed by atoms with Crippen LogP contribution in [0.4, 0.5) is 11.4 Å². The molecule has 0 spiro atoms. The topological polar surface area (TPSA) is 17.0 Å². The summed E-state index contributed by atoms with van der Waals surface area (Å²) >= 11 is 0. The van der Waals surface area contributed by atoms with Gasteiger partial charge in [-0.15, -0.1) is 0 Å². The van der Waals surface area contributed by atoms with E-state index in [-0.39, 0.29) is 0 Å². The highest BCUT2D eigenvalue weighted by molar-refractivity contribution is 6.15. The molecule has 1 N–H and O–H groups in total. The second-order valence-corrected chi connectivity index (χ2v) is 9.54. The first kappa shape index (κ1) is 22.1. The monoisotopic (exact) mass is 486 g/mol. The van der Waals surface area contributed by atoms with Crippen molar-refractivity contribution in [3.05, 3.63) is 152 Å². The maximum Gasteiger partial charge on any atom is 0.0547 e. The van der Waals surface area contributed by atoms with Gasteiger partial charge in [-0.05, 0) is 70.8 Å². The van der Waals surface area contributed by atoms with Gasteiger partial charge in [0.2, 0.25) is 0 Å². The van der Waals surface area contributed by atoms with E-state index < -0.39 is 0 Å². The molecule has 0 aliphatic rings. The van der Waals surface area contributed by atoms with Crippen LogP contribution in [-0.4, -0.2) is 4.57 Å². The zero-order valence-electron chi connectivity index (χ0n) is 20.9. The van der Waals surface area contributed by atoms with Crippen molar-refractivity contribution in [2.24, 2.45) is 0 Å². The van der Waals surface area contributed by atoms with Crippen LogP contribution < -0.4 is 5.32 Å². The molecule has 0 radical (unpaired) electrons. The van der Waals surface area contributed by atoms with Crippen LogP contribution in [0.15, 0.2) is 152 Å². The molecule has 7 rings (SSSR count). The van der Waals surface area contributed by atoms with Crippen LogP contribution in [0.2, 0.25) is 0 Å². The highest BCUT2D eigenvalue weighted by Crippen LogP contribution is 2.39. The second kappa shape index (κ2) is 9.42. The number of hydrogen-bond donors (Lipinski definition) is 1. The number of fused-ring (bicyclic) bond motifs is 3. The van der Waals surface area contributed by atoms with Crippen LogP contribution in [0.3, 0.4) is 0 Å². The minimum atomic E-state index is 1.07. The Balaban J connectivity index is 1.29. The smallest absolute Gasteiger partial charge is 0.0547 e. The first-order valence-electron chi connectivity index (χ1n) is 13.0. The standard InChI is InChI=1S/C36H26N2/c1-3-11-26(12-4-1)27-21-23-29(24-22-27)37-30-14-9-13-28(25-30)32-18-10-20-35-36(32)33-17-7-8-19-34(33)38(35)31-15-5-2-6-16-31/h1-25,37H. The minimum Gasteiger partial charge on any atom is -0.356 e. The molecule has 0 saturated heterocycles. The van der Waals surface area contributed by atoms with Crippen molar-refractivity contribution < 1.29 is 0 Å². The molecule has 7 aromatic rings. The summed E-state index contributed by atoms with van der Waals surface area (Å²) in [7, 11) is 0. The molecule has 2 nitrogen and oxygen atoms in total. The molecule has 0 atom stereocenters. The fourth-order valence-corrected chi connectivity index (χ4v) is 5.42. The Labute approximate surface area is 222 Å². The number of hydrogen-bond acceptors (Lipinski definition) is 1. The van der Waals surface area contributed by atoms with Crippen LogP contribution in [0.5, 0.6) is 0 Å². The normalized spacial score (nSPS) is 11.2. The molecular formula is C36H26N2.